The summed E-state index contributed by atoms with van der Waals surface area (Å²) in [4.78, 5) is 23.9. The summed E-state index contributed by atoms with van der Waals surface area (Å²) in [6.07, 6.45) is 25.9. The Kier molecular flexibility index (Phi) is 20.6. The van der Waals surface area contributed by atoms with Crippen LogP contribution in [-0.4, -0.2) is 75.7 Å². The van der Waals surface area contributed by atoms with Crippen LogP contribution in [0.2, 0.25) is 0 Å². The van der Waals surface area contributed by atoms with Gasteiger partial charge in [0.05, 0.1) is 0 Å². The zero-order valence-electron chi connectivity index (χ0n) is 30.0. The van der Waals surface area contributed by atoms with Crippen molar-refractivity contribution in [1.29, 1.82) is 0 Å². The van der Waals surface area contributed by atoms with Crippen LogP contribution in [0.4, 0.5) is 5.69 Å². The third kappa shape index (κ3) is 17.8. The van der Waals surface area contributed by atoms with Crippen molar-refractivity contribution in [1.82, 2.24) is 0 Å². The molecule has 286 valence electrons. The summed E-state index contributed by atoms with van der Waals surface area (Å²) >= 11 is 0.641. The van der Waals surface area contributed by atoms with Gasteiger partial charge >= 0.3 is 275 Å². The van der Waals surface area contributed by atoms with Crippen molar-refractivity contribution < 1.29 is 41.9 Å². The molecule has 0 saturated carbocycles. The van der Waals surface area contributed by atoms with E-state index in [1.807, 2.05) is 0 Å². The van der Waals surface area contributed by atoms with Gasteiger partial charge in [0.25, 0.3) is 0 Å². The number of carboxylic acid groups (broad SMARTS) is 2. The van der Waals surface area contributed by atoms with Crippen LogP contribution in [0.25, 0.3) is 15.9 Å². The standard InChI is InChI=1S/C39H52N2O4Se2.H2O4S/c42-38(43)28-13-9-5-1-3-7-11-19-30-40-32-22-15-17-24-34(32)46-36(40)26-21-27-37-41(33-23-16-18-25-35(33)47-37)31-20-12-8-4-2-6-10-14-29-39(44)45;1-5(2,3)4/h15-18,21-27H,1-14,19-20,28-31H2,(H-,42,43,44,45);(H2,1,2,3,4). The molecule has 0 aliphatic carbocycles. The molecule has 0 amide bonds. The number of unbranched alkanes of at least 4 members (excludes halogenated alkanes) is 14. The van der Waals surface area contributed by atoms with Gasteiger partial charge in [0, 0.05) is 0 Å². The number of aryl methyl sites for hydroxylation is 1. The Hall–Kier alpha value is -2.76. The van der Waals surface area contributed by atoms with Gasteiger partial charge in [-0.25, -0.2) is 8.42 Å². The van der Waals surface area contributed by atoms with E-state index in [4.69, 9.17) is 27.7 Å². The smallest absolute Gasteiger partial charge is 0.215 e. The van der Waals surface area contributed by atoms with Gasteiger partial charge in [0.2, 0.25) is 10.4 Å². The Morgan fingerprint density at radius 2 is 1.23 bits per heavy atom. The minimum atomic E-state index is -4.92. The second-order valence-electron chi connectivity index (χ2n) is 13.0. The van der Waals surface area contributed by atoms with Crippen molar-refractivity contribution in [3.8, 4) is 0 Å². The molecular formula is C39H54N2O8SSe2. The Labute approximate surface area is 321 Å². The van der Waals surface area contributed by atoms with Crippen LogP contribution in [0.15, 0.2) is 65.3 Å². The maximum atomic E-state index is 10.7. The monoisotopic (exact) mass is 870 g/mol. The van der Waals surface area contributed by atoms with Gasteiger partial charge in [-0.1, -0.05) is 0 Å². The van der Waals surface area contributed by atoms with Crippen LogP contribution in [0.3, 0.4) is 0 Å². The number of anilines is 1. The molecule has 3 aromatic rings. The summed E-state index contributed by atoms with van der Waals surface area (Å²) in [6, 6.07) is 17.8. The number of hydrogen-bond donors (Lipinski definition) is 3. The van der Waals surface area contributed by atoms with Gasteiger partial charge in [0.1, 0.15) is 0 Å². The van der Waals surface area contributed by atoms with Crippen LogP contribution in [0, 0.1) is 0 Å². The molecule has 4 rings (SSSR count). The normalized spacial score (nSPS) is 13.5. The van der Waals surface area contributed by atoms with Crippen molar-refractivity contribution in [3.63, 3.8) is 0 Å². The summed E-state index contributed by atoms with van der Waals surface area (Å²) in [5.74, 6) is -1.36. The second kappa shape index (κ2) is 24.5. The fourth-order valence-corrected chi connectivity index (χ4v) is 10.9. The third-order valence-electron chi connectivity index (χ3n) is 8.80. The molecule has 0 atom stereocenters. The SMILES string of the molecule is O=C(O)CCCCCCCCCCN1/C(=C\C=C\c2[se]c3ccccc3[n+]2CCCCCCCCCCC(=O)O)[Se]c2ccccc21.O=S(=O)([O-])O. The van der Waals surface area contributed by atoms with E-state index in [1.54, 1.807) is 0 Å². The molecule has 0 radical (unpaired) electrons. The molecule has 1 aromatic heterocycles. The molecule has 1 aliphatic heterocycles. The van der Waals surface area contributed by atoms with E-state index in [-0.39, 0.29) is 0 Å². The first-order valence-electron chi connectivity index (χ1n) is 18.5. The van der Waals surface area contributed by atoms with Crippen LogP contribution in [-0.2, 0) is 26.5 Å². The first-order valence-corrected chi connectivity index (χ1v) is 23.3. The fraction of sp³-hybridized carbons (Fsp3) is 0.513. The maximum absolute atomic E-state index is 10.7. The molecule has 52 heavy (non-hydrogen) atoms. The molecule has 0 spiro atoms. The molecule has 0 bridgehead atoms. The van der Waals surface area contributed by atoms with Gasteiger partial charge in [-0.05, 0) is 0 Å². The van der Waals surface area contributed by atoms with E-state index in [1.165, 1.54) is 93.3 Å². The molecule has 0 saturated heterocycles. The number of hydrogen-bond acceptors (Lipinski definition) is 6. The molecule has 2 heterocycles. The largest absolute Gasteiger partial charge is 0.726 e. The van der Waals surface area contributed by atoms with Crippen molar-refractivity contribution in [2.75, 3.05) is 11.4 Å². The number of carbonyl (C=O) groups is 2. The molecule has 1 aliphatic rings. The number of allylic oxidation sites excluding steroid dienone is 2. The Balaban J connectivity index is 0.00000136. The first-order chi connectivity index (χ1) is 25.0. The van der Waals surface area contributed by atoms with E-state index in [9.17, 15) is 9.59 Å². The molecule has 0 fully saturated rings. The number of para-hydroxylation sites is 2. The Bertz CT molecular complexity index is 1700. The van der Waals surface area contributed by atoms with Crippen LogP contribution in [0.5, 0.6) is 0 Å². The summed E-state index contributed by atoms with van der Waals surface area (Å²) in [5.41, 5.74) is 2.77. The number of fused-ring (bicyclic) bond motifs is 2. The van der Waals surface area contributed by atoms with E-state index in [0.717, 1.165) is 51.6 Å². The predicted octanol–water partition coefficient (Wildman–Crippen LogP) is 7.08. The van der Waals surface area contributed by atoms with E-state index in [0.29, 0.717) is 42.3 Å². The summed E-state index contributed by atoms with van der Waals surface area (Å²) in [7, 11) is -4.92. The maximum Gasteiger partial charge on any atom is 0.215 e. The zero-order chi connectivity index (χ0) is 37.6. The minimum Gasteiger partial charge on any atom is -0.726 e. The number of rotatable bonds is 24. The van der Waals surface area contributed by atoms with Crippen molar-refractivity contribution in [2.24, 2.45) is 0 Å². The average molecular weight is 869 g/mol. The number of aromatic nitrogens is 1. The van der Waals surface area contributed by atoms with Crippen molar-refractivity contribution in [3.05, 3.63) is 69.8 Å². The molecule has 3 N–H and O–H groups in total. The minimum absolute atomic E-state index is 0.303. The van der Waals surface area contributed by atoms with Crippen molar-refractivity contribution >= 4 is 77.8 Å². The molecule has 10 nitrogen and oxygen atoms in total. The topological polar surface area (TPSA) is 159 Å². The van der Waals surface area contributed by atoms with Crippen LogP contribution < -0.4 is 13.9 Å². The molecule has 13 heteroatoms. The number of benzene rings is 2. The fourth-order valence-electron chi connectivity index (χ4n) is 6.24. The van der Waals surface area contributed by atoms with Gasteiger partial charge in [-0.2, -0.15) is 0 Å². The second-order valence-corrected chi connectivity index (χ2v) is 18.3. The van der Waals surface area contributed by atoms with Crippen LogP contribution >= 0.6 is 0 Å². The van der Waals surface area contributed by atoms with Gasteiger partial charge in [-0.3, -0.25) is 14.1 Å². The number of carboxylic acids is 2. The van der Waals surface area contributed by atoms with E-state index < -0.39 is 22.3 Å². The Morgan fingerprint density at radius 3 is 1.83 bits per heavy atom. The third-order valence-corrected chi connectivity index (χ3v) is 13.5. The number of nitrogens with zero attached hydrogens (tertiary/aromatic N) is 2. The summed E-state index contributed by atoms with van der Waals surface area (Å²) < 4.78 is 41.3. The van der Waals surface area contributed by atoms with Gasteiger partial charge < -0.3 is 14.8 Å². The first kappa shape index (κ1) is 43.6. The Morgan fingerprint density at radius 1 is 0.731 bits per heavy atom. The van der Waals surface area contributed by atoms with Gasteiger partial charge in [0.15, 0.2) is 0 Å². The summed E-state index contributed by atoms with van der Waals surface area (Å²) in [5, 5.41) is 17.6. The van der Waals surface area contributed by atoms with E-state index in [2.05, 4.69) is 76.2 Å². The quantitative estimate of drug-likeness (QED) is 0.0281. The van der Waals surface area contributed by atoms with E-state index >= 15 is 0 Å². The average Bonchev–Trinajstić information content (AvgIpc) is 3.62. The molecule has 0 unspecified atom stereocenters. The zero-order valence-corrected chi connectivity index (χ0v) is 34.2. The predicted molar refractivity (Wildman–Crippen MR) is 208 cm³/mol. The van der Waals surface area contributed by atoms with Crippen molar-refractivity contribution in [2.45, 2.75) is 122 Å². The molecular weight excluding hydrogens is 814 g/mol. The van der Waals surface area contributed by atoms with Crippen LogP contribution in [0.1, 0.15) is 120 Å². The summed E-state index contributed by atoms with van der Waals surface area (Å²) in [6.45, 7) is 2.13. The number of aliphatic carboxylic acids is 2. The van der Waals surface area contributed by atoms with Gasteiger partial charge in [-0.15, -0.1) is 0 Å². The molecule has 2 aromatic carbocycles.